The van der Waals surface area contributed by atoms with E-state index in [4.69, 9.17) is 9.47 Å². The van der Waals surface area contributed by atoms with Crippen molar-refractivity contribution in [2.24, 2.45) is 5.92 Å². The summed E-state index contributed by atoms with van der Waals surface area (Å²) in [7, 11) is 0. The number of ether oxygens (including phenoxy) is 2. The Labute approximate surface area is 154 Å². The highest BCUT2D eigenvalue weighted by atomic mass is 16.5. The van der Waals surface area contributed by atoms with Crippen LogP contribution >= 0.6 is 0 Å². The number of rotatable bonds is 5. The predicted molar refractivity (Wildman–Crippen MR) is 98.9 cm³/mol. The minimum atomic E-state index is -0.130. The van der Waals surface area contributed by atoms with E-state index in [2.05, 4.69) is 26.1 Å². The molecule has 2 aliphatic rings. The molecule has 0 N–H and O–H groups in total. The monoisotopic (exact) mass is 354 g/mol. The van der Waals surface area contributed by atoms with E-state index in [0.717, 1.165) is 49.7 Å². The molecule has 6 heteroatoms. The summed E-state index contributed by atoms with van der Waals surface area (Å²) in [6.45, 7) is 5.68. The molecule has 0 radical (unpaired) electrons. The molecular weight excluding hydrogens is 328 g/mol. The molecule has 2 fully saturated rings. The van der Waals surface area contributed by atoms with Crippen LogP contribution in [0.1, 0.15) is 30.7 Å². The smallest absolute Gasteiger partial charge is 0.151 e. The molecule has 1 saturated heterocycles. The Morgan fingerprint density at radius 1 is 1.27 bits per heavy atom. The second-order valence-electron chi connectivity index (χ2n) is 7.29. The molecular formula is C20H26N4O2. The topological polar surface area (TPSA) is 60.4 Å². The van der Waals surface area contributed by atoms with Crippen molar-refractivity contribution in [3.63, 3.8) is 0 Å². The molecule has 4 rings (SSSR count). The lowest BCUT2D eigenvalue weighted by Gasteiger charge is -2.44. The van der Waals surface area contributed by atoms with Gasteiger partial charge >= 0.3 is 0 Å². The first-order valence-electron chi connectivity index (χ1n) is 9.42. The van der Waals surface area contributed by atoms with Gasteiger partial charge in [0.25, 0.3) is 0 Å². The van der Waals surface area contributed by atoms with Gasteiger partial charge in [0.15, 0.2) is 5.82 Å². The van der Waals surface area contributed by atoms with E-state index in [0.29, 0.717) is 19.1 Å². The van der Waals surface area contributed by atoms with Crippen molar-refractivity contribution < 1.29 is 9.47 Å². The molecule has 3 heterocycles. The minimum Gasteiger partial charge on any atom is -0.375 e. The van der Waals surface area contributed by atoms with Crippen LogP contribution in [-0.4, -0.2) is 47.1 Å². The molecule has 1 aliphatic heterocycles. The fraction of sp³-hybridized carbons (Fsp3) is 0.550. The molecule has 0 aromatic carbocycles. The largest absolute Gasteiger partial charge is 0.375 e. The van der Waals surface area contributed by atoms with E-state index in [1.807, 2.05) is 31.2 Å². The molecule has 1 aliphatic carbocycles. The summed E-state index contributed by atoms with van der Waals surface area (Å²) in [4.78, 5) is 6.64. The van der Waals surface area contributed by atoms with Gasteiger partial charge in [0.1, 0.15) is 0 Å². The average Bonchev–Trinajstić information content (AvgIpc) is 3.05. The number of nitrogens with zero attached hydrogens (tertiary/aromatic N) is 4. The summed E-state index contributed by atoms with van der Waals surface area (Å²) in [6, 6.07) is 10.00. The first-order valence-corrected chi connectivity index (χ1v) is 9.42. The molecule has 2 aromatic rings. The van der Waals surface area contributed by atoms with Crippen LogP contribution < -0.4 is 4.90 Å². The zero-order valence-electron chi connectivity index (χ0n) is 15.3. The Balaban J connectivity index is 1.39. The van der Waals surface area contributed by atoms with E-state index >= 15 is 0 Å². The van der Waals surface area contributed by atoms with E-state index in [-0.39, 0.29) is 5.60 Å². The third kappa shape index (κ3) is 3.71. The van der Waals surface area contributed by atoms with Crippen LogP contribution in [0.3, 0.4) is 0 Å². The Kier molecular flexibility index (Phi) is 5.13. The fourth-order valence-electron chi connectivity index (χ4n) is 4.10. The number of anilines is 1. The van der Waals surface area contributed by atoms with Crippen LogP contribution in [0.2, 0.25) is 0 Å². The van der Waals surface area contributed by atoms with Crippen LogP contribution in [-0.2, 0) is 16.1 Å². The highest BCUT2D eigenvalue weighted by Crippen LogP contribution is 2.42. The van der Waals surface area contributed by atoms with E-state index < -0.39 is 0 Å². The maximum atomic E-state index is 6.33. The van der Waals surface area contributed by atoms with Gasteiger partial charge in [-0.05, 0) is 44.0 Å². The molecule has 138 valence electrons. The third-order valence-corrected chi connectivity index (χ3v) is 5.51. The van der Waals surface area contributed by atoms with Gasteiger partial charge in [0.2, 0.25) is 0 Å². The van der Waals surface area contributed by atoms with Crippen LogP contribution in [0.5, 0.6) is 0 Å². The predicted octanol–water partition coefficient (Wildman–Crippen LogP) is 2.77. The summed E-state index contributed by atoms with van der Waals surface area (Å²) >= 11 is 0. The normalized spacial score (nSPS) is 25.7. The van der Waals surface area contributed by atoms with Crippen LogP contribution in [0.4, 0.5) is 5.82 Å². The SMILES string of the molecule is Cc1ccc(N2CCO[C@]3(CCC[C@H]3COCc3ccccn3)C2)nn1. The van der Waals surface area contributed by atoms with Gasteiger partial charge in [-0.3, -0.25) is 4.98 Å². The van der Waals surface area contributed by atoms with Crippen LogP contribution in [0, 0.1) is 12.8 Å². The van der Waals surface area contributed by atoms with Gasteiger partial charge in [-0.25, -0.2) is 0 Å². The quantitative estimate of drug-likeness (QED) is 0.823. The van der Waals surface area contributed by atoms with Crippen molar-refractivity contribution in [2.45, 2.75) is 38.4 Å². The summed E-state index contributed by atoms with van der Waals surface area (Å²) < 4.78 is 12.3. The zero-order valence-corrected chi connectivity index (χ0v) is 15.3. The number of aromatic nitrogens is 3. The van der Waals surface area contributed by atoms with Crippen molar-refractivity contribution in [2.75, 3.05) is 31.2 Å². The summed E-state index contributed by atoms with van der Waals surface area (Å²) in [5.74, 6) is 1.35. The third-order valence-electron chi connectivity index (χ3n) is 5.51. The summed E-state index contributed by atoms with van der Waals surface area (Å²) in [5.41, 5.74) is 1.79. The van der Waals surface area contributed by atoms with Crippen molar-refractivity contribution in [3.8, 4) is 0 Å². The van der Waals surface area contributed by atoms with E-state index in [1.54, 1.807) is 6.20 Å². The average molecular weight is 354 g/mol. The Morgan fingerprint density at radius 3 is 3.04 bits per heavy atom. The zero-order chi connectivity index (χ0) is 17.8. The fourth-order valence-corrected chi connectivity index (χ4v) is 4.10. The Morgan fingerprint density at radius 2 is 2.23 bits per heavy atom. The van der Waals surface area contributed by atoms with Gasteiger partial charge in [-0.2, -0.15) is 5.10 Å². The lowest BCUT2D eigenvalue weighted by molar-refractivity contribution is -0.101. The number of hydrogen-bond acceptors (Lipinski definition) is 6. The molecule has 2 atom stereocenters. The number of pyridine rings is 1. The highest BCUT2D eigenvalue weighted by Gasteiger charge is 2.47. The molecule has 0 bridgehead atoms. The van der Waals surface area contributed by atoms with Crippen LogP contribution in [0.25, 0.3) is 0 Å². The van der Waals surface area contributed by atoms with Gasteiger partial charge in [0.05, 0.1) is 36.8 Å². The van der Waals surface area contributed by atoms with E-state index in [1.165, 1.54) is 6.42 Å². The minimum absolute atomic E-state index is 0.130. The first-order chi connectivity index (χ1) is 12.8. The highest BCUT2D eigenvalue weighted by molar-refractivity contribution is 5.39. The molecule has 1 saturated carbocycles. The second kappa shape index (κ2) is 7.68. The van der Waals surface area contributed by atoms with E-state index in [9.17, 15) is 0 Å². The van der Waals surface area contributed by atoms with Crippen LogP contribution in [0.15, 0.2) is 36.5 Å². The molecule has 6 nitrogen and oxygen atoms in total. The maximum Gasteiger partial charge on any atom is 0.151 e. The number of morpholine rings is 1. The maximum absolute atomic E-state index is 6.33. The molecule has 0 amide bonds. The van der Waals surface area contributed by atoms with Gasteiger partial charge in [0, 0.05) is 25.2 Å². The molecule has 26 heavy (non-hydrogen) atoms. The van der Waals surface area contributed by atoms with Crippen molar-refractivity contribution in [3.05, 3.63) is 47.9 Å². The Hall–Kier alpha value is -2.05. The first kappa shape index (κ1) is 17.4. The molecule has 2 aromatic heterocycles. The van der Waals surface area contributed by atoms with Crippen molar-refractivity contribution >= 4 is 5.82 Å². The second-order valence-corrected chi connectivity index (χ2v) is 7.29. The van der Waals surface area contributed by atoms with Gasteiger partial charge in [-0.1, -0.05) is 12.5 Å². The standard InChI is InChI=1S/C20H26N4O2/c1-16-7-8-19(23-22-16)24-11-12-26-20(15-24)9-4-5-17(20)13-25-14-18-6-2-3-10-21-18/h2-3,6-8,10,17H,4-5,9,11-15H2,1H3/t17-,20+/m0/s1. The van der Waals surface area contributed by atoms with Crippen molar-refractivity contribution in [1.82, 2.24) is 15.2 Å². The number of aryl methyl sites for hydroxylation is 1. The van der Waals surface area contributed by atoms with Gasteiger partial charge in [-0.15, -0.1) is 5.10 Å². The lowest BCUT2D eigenvalue weighted by Crippen LogP contribution is -2.55. The summed E-state index contributed by atoms with van der Waals surface area (Å²) in [6.07, 6.45) is 5.22. The molecule has 0 unspecified atom stereocenters. The lowest BCUT2D eigenvalue weighted by atomic mass is 9.89. The molecule has 1 spiro atoms. The number of hydrogen-bond donors (Lipinski definition) is 0. The summed E-state index contributed by atoms with van der Waals surface area (Å²) in [5, 5.41) is 8.57. The van der Waals surface area contributed by atoms with Gasteiger partial charge < -0.3 is 14.4 Å². The van der Waals surface area contributed by atoms with Crippen molar-refractivity contribution in [1.29, 1.82) is 0 Å². The Bertz CT molecular complexity index is 710.